The zero-order valence-corrected chi connectivity index (χ0v) is 10.4. The molecule has 18 heavy (non-hydrogen) atoms. The van der Waals surface area contributed by atoms with E-state index in [0.717, 1.165) is 16.8 Å². The normalized spacial score (nSPS) is 9.61. The van der Waals surface area contributed by atoms with Crippen LogP contribution in [0.25, 0.3) is 10.9 Å². The number of nitrogens with two attached hydrogens (primary N) is 1. The molecule has 0 aliphatic rings. The molecule has 1 aromatic heterocycles. The van der Waals surface area contributed by atoms with E-state index in [-0.39, 0.29) is 0 Å². The summed E-state index contributed by atoms with van der Waals surface area (Å²) in [5.74, 6) is 0. The summed E-state index contributed by atoms with van der Waals surface area (Å²) in [5.41, 5.74) is 8.59. The molecule has 0 fully saturated rings. The van der Waals surface area contributed by atoms with Gasteiger partial charge < -0.3 is 5.73 Å². The quantitative estimate of drug-likeness (QED) is 0.603. The van der Waals surface area contributed by atoms with Crippen LogP contribution in [0.2, 0.25) is 0 Å². The number of aromatic nitrogens is 1. The van der Waals surface area contributed by atoms with Crippen molar-refractivity contribution in [2.45, 2.75) is 6.92 Å². The summed E-state index contributed by atoms with van der Waals surface area (Å²) >= 11 is 0. The Hall–Kier alpha value is -2.35. The highest BCUT2D eigenvalue weighted by atomic mass is 14.6. The summed E-state index contributed by atoms with van der Waals surface area (Å²) in [5, 5.41) is 1.20. The third kappa shape index (κ3) is 3.08. The molecule has 90 valence electrons. The van der Waals surface area contributed by atoms with Crippen LogP contribution in [0.15, 0.2) is 66.9 Å². The highest BCUT2D eigenvalue weighted by Gasteiger charge is 1.86. The molecule has 1 heterocycles. The number of hydrogen-bond donors (Lipinski definition) is 1. The van der Waals surface area contributed by atoms with Crippen LogP contribution in [0, 0.1) is 6.92 Å². The molecule has 0 saturated carbocycles. The topological polar surface area (TPSA) is 38.9 Å². The Morgan fingerprint density at radius 2 is 1.50 bits per heavy atom. The van der Waals surface area contributed by atoms with Crippen molar-refractivity contribution in [3.63, 3.8) is 0 Å². The predicted octanol–water partition coefficient (Wildman–Crippen LogP) is 3.81. The summed E-state index contributed by atoms with van der Waals surface area (Å²) in [6.07, 6.45) is 1.81. The zero-order valence-electron chi connectivity index (χ0n) is 10.4. The van der Waals surface area contributed by atoms with E-state index in [2.05, 4.69) is 17.1 Å². The van der Waals surface area contributed by atoms with E-state index in [1.807, 2.05) is 61.7 Å². The molecule has 0 radical (unpaired) electrons. The average molecular weight is 236 g/mol. The van der Waals surface area contributed by atoms with E-state index < -0.39 is 0 Å². The van der Waals surface area contributed by atoms with E-state index in [0.29, 0.717) is 0 Å². The molecule has 0 aliphatic carbocycles. The van der Waals surface area contributed by atoms with Crippen molar-refractivity contribution in [1.29, 1.82) is 0 Å². The summed E-state index contributed by atoms with van der Waals surface area (Å²) < 4.78 is 0. The van der Waals surface area contributed by atoms with Crippen LogP contribution < -0.4 is 5.73 Å². The van der Waals surface area contributed by atoms with Crippen molar-refractivity contribution < 1.29 is 0 Å². The average Bonchev–Trinajstić information content (AvgIpc) is 2.43. The Labute approximate surface area is 107 Å². The zero-order chi connectivity index (χ0) is 12.8. The van der Waals surface area contributed by atoms with Gasteiger partial charge in [0.05, 0.1) is 5.52 Å². The number of nitrogen functional groups attached to an aromatic ring is 1. The van der Waals surface area contributed by atoms with Crippen LogP contribution >= 0.6 is 0 Å². The molecule has 0 unspecified atom stereocenters. The molecule has 0 bridgehead atoms. The first-order valence-corrected chi connectivity index (χ1v) is 5.88. The summed E-state index contributed by atoms with van der Waals surface area (Å²) in [6.45, 7) is 2.00. The van der Waals surface area contributed by atoms with Gasteiger partial charge in [-0.3, -0.25) is 4.98 Å². The molecule has 0 atom stereocenters. The molecule has 0 spiro atoms. The lowest BCUT2D eigenvalue weighted by atomic mass is 10.2. The molecule has 2 aromatic carbocycles. The smallest absolute Gasteiger partial charge is 0.0701 e. The van der Waals surface area contributed by atoms with E-state index in [4.69, 9.17) is 5.73 Å². The molecule has 3 rings (SSSR count). The van der Waals surface area contributed by atoms with Crippen molar-refractivity contribution in [2.24, 2.45) is 0 Å². The number of pyridine rings is 1. The lowest BCUT2D eigenvalue weighted by molar-refractivity contribution is 1.41. The maximum atomic E-state index is 5.52. The Morgan fingerprint density at radius 3 is 2.17 bits per heavy atom. The van der Waals surface area contributed by atoms with Crippen LogP contribution in [-0.2, 0) is 0 Å². The second-order valence-corrected chi connectivity index (χ2v) is 4.05. The van der Waals surface area contributed by atoms with E-state index in [1.165, 1.54) is 5.39 Å². The largest absolute Gasteiger partial charge is 0.399 e. The highest BCUT2D eigenvalue weighted by Crippen LogP contribution is 2.08. The molecule has 2 N–H and O–H groups in total. The third-order valence-electron chi connectivity index (χ3n) is 2.70. The number of nitrogens with zero attached hydrogens (tertiary/aromatic N) is 1. The molecule has 0 amide bonds. The first-order chi connectivity index (χ1) is 8.77. The Kier molecular flexibility index (Phi) is 3.92. The van der Waals surface area contributed by atoms with Crippen molar-refractivity contribution in [3.05, 3.63) is 72.4 Å². The number of para-hydroxylation sites is 2. The molecule has 3 aromatic rings. The summed E-state index contributed by atoms with van der Waals surface area (Å²) in [7, 11) is 0. The van der Waals surface area contributed by atoms with Gasteiger partial charge in [-0.25, -0.2) is 0 Å². The SMILES string of the molecule is Cc1ccccc1N.c1ccc2ncccc2c1. The number of anilines is 1. The van der Waals surface area contributed by atoms with Crippen LogP contribution in [-0.4, -0.2) is 4.98 Å². The first-order valence-electron chi connectivity index (χ1n) is 5.88. The van der Waals surface area contributed by atoms with Gasteiger partial charge in [0.1, 0.15) is 0 Å². The molecular weight excluding hydrogens is 220 g/mol. The third-order valence-corrected chi connectivity index (χ3v) is 2.70. The van der Waals surface area contributed by atoms with Crippen molar-refractivity contribution >= 4 is 16.6 Å². The van der Waals surface area contributed by atoms with Gasteiger partial charge in [-0.2, -0.15) is 0 Å². The van der Waals surface area contributed by atoms with Gasteiger partial charge in [0, 0.05) is 17.3 Å². The molecule has 0 saturated heterocycles. The minimum absolute atomic E-state index is 0.868. The number of fused-ring (bicyclic) bond motifs is 1. The standard InChI is InChI=1S/C9H7N.C7H9N/c1-2-6-9-8(4-1)5-3-7-10-9;1-6-4-2-3-5-7(6)8/h1-7H;2-5H,8H2,1H3. The van der Waals surface area contributed by atoms with Crippen LogP contribution in [0.5, 0.6) is 0 Å². The molecule has 0 aliphatic heterocycles. The second-order valence-electron chi connectivity index (χ2n) is 4.05. The minimum Gasteiger partial charge on any atom is -0.399 e. The van der Waals surface area contributed by atoms with Gasteiger partial charge in [0.25, 0.3) is 0 Å². The van der Waals surface area contributed by atoms with Gasteiger partial charge in [-0.1, -0.05) is 42.5 Å². The minimum atomic E-state index is 0.868. The molecule has 2 heteroatoms. The van der Waals surface area contributed by atoms with E-state index in [1.54, 1.807) is 0 Å². The van der Waals surface area contributed by atoms with Gasteiger partial charge >= 0.3 is 0 Å². The van der Waals surface area contributed by atoms with E-state index in [9.17, 15) is 0 Å². The first kappa shape index (κ1) is 12.1. The predicted molar refractivity (Wildman–Crippen MR) is 77.3 cm³/mol. The Morgan fingerprint density at radius 1 is 0.833 bits per heavy atom. The van der Waals surface area contributed by atoms with Crippen LogP contribution in [0.3, 0.4) is 0 Å². The lowest BCUT2D eigenvalue weighted by Crippen LogP contribution is -1.85. The number of rotatable bonds is 0. The van der Waals surface area contributed by atoms with Crippen LogP contribution in [0.1, 0.15) is 5.56 Å². The van der Waals surface area contributed by atoms with E-state index >= 15 is 0 Å². The fourth-order valence-corrected chi connectivity index (χ4v) is 1.60. The fraction of sp³-hybridized carbons (Fsp3) is 0.0625. The van der Waals surface area contributed by atoms with Crippen molar-refractivity contribution in [3.8, 4) is 0 Å². The number of benzene rings is 2. The van der Waals surface area contributed by atoms with Gasteiger partial charge in [-0.05, 0) is 30.7 Å². The Balaban J connectivity index is 0.000000138. The van der Waals surface area contributed by atoms with Gasteiger partial charge in [0.15, 0.2) is 0 Å². The van der Waals surface area contributed by atoms with Gasteiger partial charge in [-0.15, -0.1) is 0 Å². The molecular formula is C16H16N2. The number of aryl methyl sites for hydroxylation is 1. The summed E-state index contributed by atoms with van der Waals surface area (Å²) in [4.78, 5) is 4.18. The molecule has 2 nitrogen and oxygen atoms in total. The van der Waals surface area contributed by atoms with Crippen molar-refractivity contribution in [1.82, 2.24) is 4.98 Å². The Bertz CT molecular complexity index is 546. The van der Waals surface area contributed by atoms with Crippen molar-refractivity contribution in [2.75, 3.05) is 5.73 Å². The van der Waals surface area contributed by atoms with Crippen LogP contribution in [0.4, 0.5) is 5.69 Å². The summed E-state index contributed by atoms with van der Waals surface area (Å²) in [6, 6.07) is 19.9. The lowest BCUT2D eigenvalue weighted by Gasteiger charge is -1.93. The maximum Gasteiger partial charge on any atom is 0.0701 e. The van der Waals surface area contributed by atoms with Gasteiger partial charge in [0.2, 0.25) is 0 Å². The fourth-order valence-electron chi connectivity index (χ4n) is 1.60. The number of hydrogen-bond acceptors (Lipinski definition) is 2. The maximum absolute atomic E-state index is 5.52. The highest BCUT2D eigenvalue weighted by molar-refractivity contribution is 5.77. The monoisotopic (exact) mass is 236 g/mol. The second kappa shape index (κ2) is 5.82.